The lowest BCUT2D eigenvalue weighted by molar-refractivity contribution is 0.548. The number of aryl methyl sites for hydroxylation is 1. The summed E-state index contributed by atoms with van der Waals surface area (Å²) >= 11 is 0. The number of halogens is 1. The van der Waals surface area contributed by atoms with Crippen LogP contribution in [-0.4, -0.2) is 0 Å². The summed E-state index contributed by atoms with van der Waals surface area (Å²) in [5.74, 6) is 1.81. The fraction of sp³-hybridized carbons (Fsp3) is 0.0909. The average Bonchev–Trinajstić information content (AvgIpc) is 2.53. The Hall–Kier alpha value is -1.41. The number of furan rings is 1. The predicted octanol–water partition coefficient (Wildman–Crippen LogP) is 3.26. The average molecular weight is 210 g/mol. The molecule has 0 atom stereocenters. The van der Waals surface area contributed by atoms with Gasteiger partial charge in [0, 0.05) is 11.3 Å². The molecule has 0 aliphatic rings. The van der Waals surface area contributed by atoms with E-state index in [0.717, 1.165) is 22.8 Å². The van der Waals surface area contributed by atoms with Crippen molar-refractivity contribution >= 4 is 18.1 Å². The van der Waals surface area contributed by atoms with Crippen LogP contribution in [0.2, 0.25) is 0 Å². The zero-order chi connectivity index (χ0) is 9.26. The van der Waals surface area contributed by atoms with Crippen LogP contribution < -0.4 is 5.73 Å². The molecule has 14 heavy (non-hydrogen) atoms. The topological polar surface area (TPSA) is 39.2 Å². The first-order chi connectivity index (χ1) is 6.25. The standard InChI is InChI=1S/C11H11NO.ClH/c1-8-2-7-11(13-8)9-3-5-10(12)6-4-9;/h2-7H,12H2,1H3;1H. The van der Waals surface area contributed by atoms with Crippen molar-refractivity contribution in [3.8, 4) is 11.3 Å². The second kappa shape index (κ2) is 4.20. The summed E-state index contributed by atoms with van der Waals surface area (Å²) in [5, 5.41) is 0. The number of anilines is 1. The summed E-state index contributed by atoms with van der Waals surface area (Å²) in [6.45, 7) is 1.93. The molecule has 1 aromatic heterocycles. The van der Waals surface area contributed by atoms with Crippen LogP contribution in [0.15, 0.2) is 40.8 Å². The number of hydrogen-bond donors (Lipinski definition) is 1. The van der Waals surface area contributed by atoms with E-state index < -0.39 is 0 Å². The highest BCUT2D eigenvalue weighted by molar-refractivity contribution is 5.85. The van der Waals surface area contributed by atoms with Gasteiger partial charge in [-0.15, -0.1) is 12.4 Å². The molecule has 0 aliphatic carbocycles. The SMILES string of the molecule is Cc1ccc(-c2ccc(N)cc2)o1.Cl. The van der Waals surface area contributed by atoms with E-state index in [1.165, 1.54) is 0 Å². The van der Waals surface area contributed by atoms with Gasteiger partial charge in [-0.25, -0.2) is 0 Å². The lowest BCUT2D eigenvalue weighted by Gasteiger charge is -1.96. The Bertz CT molecular complexity index is 405. The Morgan fingerprint density at radius 1 is 1.00 bits per heavy atom. The molecule has 0 unspecified atom stereocenters. The van der Waals surface area contributed by atoms with Crippen LogP contribution in [0.3, 0.4) is 0 Å². The van der Waals surface area contributed by atoms with Crippen LogP contribution in [-0.2, 0) is 0 Å². The molecule has 0 amide bonds. The quantitative estimate of drug-likeness (QED) is 0.733. The summed E-state index contributed by atoms with van der Waals surface area (Å²) in [6.07, 6.45) is 0. The highest BCUT2D eigenvalue weighted by Crippen LogP contribution is 2.22. The highest BCUT2D eigenvalue weighted by Gasteiger charge is 2.00. The number of hydrogen-bond acceptors (Lipinski definition) is 2. The Labute approximate surface area is 89.1 Å². The summed E-state index contributed by atoms with van der Waals surface area (Å²) in [5.41, 5.74) is 7.41. The van der Waals surface area contributed by atoms with Gasteiger partial charge in [0.1, 0.15) is 11.5 Å². The molecule has 0 saturated heterocycles. The van der Waals surface area contributed by atoms with Gasteiger partial charge in [0.05, 0.1) is 0 Å². The Balaban J connectivity index is 0.000000980. The van der Waals surface area contributed by atoms with Gasteiger partial charge in [-0.3, -0.25) is 0 Å². The van der Waals surface area contributed by atoms with Crippen molar-refractivity contribution in [2.24, 2.45) is 0 Å². The zero-order valence-electron chi connectivity index (χ0n) is 7.86. The lowest BCUT2D eigenvalue weighted by atomic mass is 10.1. The van der Waals surface area contributed by atoms with Gasteiger partial charge in [0.15, 0.2) is 0 Å². The molecule has 2 nitrogen and oxygen atoms in total. The van der Waals surface area contributed by atoms with E-state index in [-0.39, 0.29) is 12.4 Å². The van der Waals surface area contributed by atoms with E-state index in [2.05, 4.69) is 0 Å². The van der Waals surface area contributed by atoms with Crippen molar-refractivity contribution in [3.63, 3.8) is 0 Å². The van der Waals surface area contributed by atoms with Crippen LogP contribution in [0.25, 0.3) is 11.3 Å². The van der Waals surface area contributed by atoms with Crippen LogP contribution in [0.1, 0.15) is 5.76 Å². The third kappa shape index (κ3) is 2.09. The maximum Gasteiger partial charge on any atom is 0.134 e. The largest absolute Gasteiger partial charge is 0.461 e. The van der Waals surface area contributed by atoms with Crippen molar-refractivity contribution < 1.29 is 4.42 Å². The number of nitrogens with two attached hydrogens (primary N) is 1. The highest BCUT2D eigenvalue weighted by atomic mass is 35.5. The summed E-state index contributed by atoms with van der Waals surface area (Å²) in [7, 11) is 0. The third-order valence-corrected chi connectivity index (χ3v) is 1.94. The van der Waals surface area contributed by atoms with E-state index in [1.807, 2.05) is 43.3 Å². The smallest absolute Gasteiger partial charge is 0.134 e. The Kier molecular flexibility index (Phi) is 3.20. The van der Waals surface area contributed by atoms with Crippen LogP contribution >= 0.6 is 12.4 Å². The second-order valence-electron chi connectivity index (χ2n) is 3.03. The first kappa shape index (κ1) is 10.7. The van der Waals surface area contributed by atoms with Crippen molar-refractivity contribution in [1.82, 2.24) is 0 Å². The fourth-order valence-electron chi connectivity index (χ4n) is 1.24. The molecular weight excluding hydrogens is 198 g/mol. The summed E-state index contributed by atoms with van der Waals surface area (Å²) < 4.78 is 5.47. The van der Waals surface area contributed by atoms with Crippen molar-refractivity contribution in [2.75, 3.05) is 5.73 Å². The van der Waals surface area contributed by atoms with Crippen molar-refractivity contribution in [3.05, 3.63) is 42.2 Å². The fourth-order valence-corrected chi connectivity index (χ4v) is 1.24. The predicted molar refractivity (Wildman–Crippen MR) is 60.5 cm³/mol. The molecule has 0 radical (unpaired) electrons. The van der Waals surface area contributed by atoms with Gasteiger partial charge in [0.25, 0.3) is 0 Å². The molecule has 2 aromatic rings. The first-order valence-electron chi connectivity index (χ1n) is 4.18. The number of nitrogen functional groups attached to an aromatic ring is 1. The van der Waals surface area contributed by atoms with Crippen LogP contribution in [0.4, 0.5) is 5.69 Å². The lowest BCUT2D eigenvalue weighted by Crippen LogP contribution is -1.82. The monoisotopic (exact) mass is 209 g/mol. The third-order valence-electron chi connectivity index (χ3n) is 1.94. The van der Waals surface area contributed by atoms with Crippen molar-refractivity contribution in [2.45, 2.75) is 6.92 Å². The van der Waals surface area contributed by atoms with Crippen LogP contribution in [0, 0.1) is 6.92 Å². The number of rotatable bonds is 1. The molecule has 74 valence electrons. The molecule has 1 aromatic carbocycles. The van der Waals surface area contributed by atoms with Gasteiger partial charge in [0.2, 0.25) is 0 Å². The number of benzene rings is 1. The van der Waals surface area contributed by atoms with Gasteiger partial charge in [-0.1, -0.05) is 0 Å². The van der Waals surface area contributed by atoms with Gasteiger partial charge >= 0.3 is 0 Å². The molecule has 0 aliphatic heterocycles. The van der Waals surface area contributed by atoms with Crippen molar-refractivity contribution in [1.29, 1.82) is 0 Å². The minimum Gasteiger partial charge on any atom is -0.461 e. The van der Waals surface area contributed by atoms with E-state index in [4.69, 9.17) is 10.2 Å². The molecule has 0 spiro atoms. The molecular formula is C11H12ClNO. The van der Waals surface area contributed by atoms with Crippen LogP contribution in [0.5, 0.6) is 0 Å². The molecule has 2 rings (SSSR count). The second-order valence-corrected chi connectivity index (χ2v) is 3.03. The normalized spacial score (nSPS) is 9.50. The Morgan fingerprint density at radius 2 is 1.64 bits per heavy atom. The molecule has 0 bridgehead atoms. The van der Waals surface area contributed by atoms with E-state index >= 15 is 0 Å². The minimum atomic E-state index is 0. The molecule has 1 heterocycles. The van der Waals surface area contributed by atoms with Gasteiger partial charge < -0.3 is 10.2 Å². The van der Waals surface area contributed by atoms with Gasteiger partial charge in [-0.05, 0) is 43.3 Å². The summed E-state index contributed by atoms with van der Waals surface area (Å²) in [6, 6.07) is 11.5. The molecule has 3 heteroatoms. The minimum absolute atomic E-state index is 0. The maximum absolute atomic E-state index is 5.58. The molecule has 0 saturated carbocycles. The van der Waals surface area contributed by atoms with Gasteiger partial charge in [-0.2, -0.15) is 0 Å². The Morgan fingerprint density at radius 3 is 2.14 bits per heavy atom. The summed E-state index contributed by atoms with van der Waals surface area (Å²) in [4.78, 5) is 0. The van der Waals surface area contributed by atoms with E-state index in [0.29, 0.717) is 0 Å². The maximum atomic E-state index is 5.58. The van der Waals surface area contributed by atoms with E-state index in [9.17, 15) is 0 Å². The van der Waals surface area contributed by atoms with E-state index in [1.54, 1.807) is 0 Å². The molecule has 0 fully saturated rings. The zero-order valence-corrected chi connectivity index (χ0v) is 8.67. The first-order valence-corrected chi connectivity index (χ1v) is 4.18. The molecule has 2 N–H and O–H groups in total.